The van der Waals surface area contributed by atoms with E-state index in [1.54, 1.807) is 0 Å². The number of carbonyl (C=O) groups is 4. The molecule has 0 aliphatic heterocycles. The van der Waals surface area contributed by atoms with Crippen LogP contribution in [0.15, 0.2) is 24.3 Å². The molecule has 0 amide bonds. The molecule has 3 N–H and O–H groups in total. The molecule has 0 radical (unpaired) electrons. The summed E-state index contributed by atoms with van der Waals surface area (Å²) in [6.07, 6.45) is 64.5. The monoisotopic (exact) mass is 1460 g/mol. The van der Waals surface area contributed by atoms with Gasteiger partial charge in [0.25, 0.3) is 0 Å². The number of rotatable bonds is 78. The number of aliphatic hydroxyl groups is 1. The lowest BCUT2D eigenvalue weighted by Crippen LogP contribution is -2.30. The van der Waals surface area contributed by atoms with E-state index in [4.69, 9.17) is 37.0 Å². The van der Waals surface area contributed by atoms with E-state index in [0.717, 1.165) is 121 Å². The van der Waals surface area contributed by atoms with Gasteiger partial charge in [0.1, 0.15) is 19.3 Å². The Labute approximate surface area is 612 Å². The molecule has 0 aromatic heterocycles. The molecule has 17 nitrogen and oxygen atoms in total. The van der Waals surface area contributed by atoms with Gasteiger partial charge >= 0.3 is 39.5 Å². The van der Waals surface area contributed by atoms with Gasteiger partial charge in [-0.1, -0.05) is 348 Å². The summed E-state index contributed by atoms with van der Waals surface area (Å²) in [5, 5.41) is 10.6. The fraction of sp³-hybridized carbons (Fsp3) is 0.901. The molecule has 0 saturated carbocycles. The molecule has 0 spiro atoms. The zero-order valence-corrected chi connectivity index (χ0v) is 66.8. The zero-order valence-electron chi connectivity index (χ0n) is 65.0. The number of aliphatic hydroxyl groups excluding tert-OH is 1. The van der Waals surface area contributed by atoms with Crippen LogP contribution in [0.5, 0.6) is 0 Å². The topological polar surface area (TPSA) is 237 Å². The van der Waals surface area contributed by atoms with Gasteiger partial charge in [-0.2, -0.15) is 0 Å². The Morgan fingerprint density at radius 3 is 0.820 bits per heavy atom. The number of allylic oxidation sites excluding steroid dienone is 4. The summed E-state index contributed by atoms with van der Waals surface area (Å²) >= 11 is 0. The van der Waals surface area contributed by atoms with Crippen molar-refractivity contribution >= 4 is 39.5 Å². The third kappa shape index (κ3) is 73.8. The minimum atomic E-state index is -4.97. The Bertz CT molecular complexity index is 2020. The molecule has 0 aliphatic rings. The van der Waals surface area contributed by atoms with Gasteiger partial charge in [0.15, 0.2) is 12.2 Å². The number of unbranched alkanes of at least 4 members (excludes halogenated alkanes) is 45. The first-order chi connectivity index (χ1) is 48.4. The molecule has 0 rings (SSSR count). The Morgan fingerprint density at radius 1 is 0.310 bits per heavy atom. The molecule has 0 fully saturated rings. The molecule has 590 valence electrons. The van der Waals surface area contributed by atoms with Gasteiger partial charge < -0.3 is 33.8 Å². The lowest BCUT2D eigenvalue weighted by atomic mass is 10.0. The lowest BCUT2D eigenvalue weighted by Gasteiger charge is -2.21. The van der Waals surface area contributed by atoms with E-state index < -0.39 is 97.5 Å². The number of phosphoric acid groups is 2. The van der Waals surface area contributed by atoms with E-state index in [9.17, 15) is 43.2 Å². The van der Waals surface area contributed by atoms with Gasteiger partial charge in [-0.25, -0.2) is 9.13 Å². The number of ether oxygens (including phenoxy) is 4. The normalized spacial score (nSPS) is 14.1. The highest BCUT2D eigenvalue weighted by atomic mass is 31.2. The van der Waals surface area contributed by atoms with Crippen LogP contribution >= 0.6 is 15.6 Å². The summed E-state index contributed by atoms with van der Waals surface area (Å²) in [6, 6.07) is 0. The second kappa shape index (κ2) is 72.1. The van der Waals surface area contributed by atoms with Crippen LogP contribution in [0.25, 0.3) is 0 Å². The van der Waals surface area contributed by atoms with Gasteiger partial charge in [-0.15, -0.1) is 0 Å². The summed E-state index contributed by atoms with van der Waals surface area (Å²) in [5.74, 6) is -0.580. The van der Waals surface area contributed by atoms with Gasteiger partial charge in [-0.3, -0.25) is 37.3 Å². The summed E-state index contributed by atoms with van der Waals surface area (Å²) in [4.78, 5) is 73.0. The SMILES string of the molecule is CCCCCC/C=C\C=C/CCCCCCCC(=O)OC[C@H](COP(=O)(O)OC[C@@H](O)COP(=O)(O)OC[C@@H](COC(=O)CCCCCCCCCCCCCCC)OC(=O)CCCCCCCCCCCCC(C)C)OC(=O)CCCCCCCCCCCCCCCCCCC(C)C. The van der Waals surface area contributed by atoms with Gasteiger partial charge in [0.2, 0.25) is 0 Å². The first-order valence-electron chi connectivity index (χ1n) is 41.3. The van der Waals surface area contributed by atoms with Crippen LogP contribution in [0, 0.1) is 11.8 Å². The van der Waals surface area contributed by atoms with E-state index in [2.05, 4.69) is 65.8 Å². The summed E-state index contributed by atoms with van der Waals surface area (Å²) in [6.45, 7) is 9.59. The molecule has 0 aromatic carbocycles. The zero-order chi connectivity index (χ0) is 73.5. The maximum absolute atomic E-state index is 13.1. The molecular formula is C81H154O17P2. The quantitative estimate of drug-likeness (QED) is 0.0169. The van der Waals surface area contributed by atoms with E-state index in [-0.39, 0.29) is 25.7 Å². The van der Waals surface area contributed by atoms with Crippen LogP contribution in [0.3, 0.4) is 0 Å². The molecule has 0 aromatic rings. The van der Waals surface area contributed by atoms with E-state index in [0.29, 0.717) is 25.7 Å². The summed E-state index contributed by atoms with van der Waals surface area (Å²) < 4.78 is 68.7. The minimum absolute atomic E-state index is 0.101. The molecule has 5 atom stereocenters. The Balaban J connectivity index is 5.29. The van der Waals surface area contributed by atoms with Gasteiger partial charge in [0, 0.05) is 25.7 Å². The highest BCUT2D eigenvalue weighted by molar-refractivity contribution is 7.47. The van der Waals surface area contributed by atoms with Crippen LogP contribution in [0.4, 0.5) is 0 Å². The van der Waals surface area contributed by atoms with Gasteiger partial charge in [-0.05, 0) is 63.2 Å². The average Bonchev–Trinajstić information content (AvgIpc) is 1.02. The molecule has 2 unspecified atom stereocenters. The van der Waals surface area contributed by atoms with Crippen LogP contribution in [0.2, 0.25) is 0 Å². The van der Waals surface area contributed by atoms with Gasteiger partial charge in [0.05, 0.1) is 26.4 Å². The third-order valence-corrected chi connectivity index (χ3v) is 20.2. The smallest absolute Gasteiger partial charge is 0.462 e. The number of hydrogen-bond acceptors (Lipinski definition) is 15. The maximum Gasteiger partial charge on any atom is 0.472 e. The number of carbonyl (C=O) groups excluding carboxylic acids is 4. The van der Waals surface area contributed by atoms with E-state index in [1.807, 2.05) is 0 Å². The lowest BCUT2D eigenvalue weighted by molar-refractivity contribution is -0.161. The molecule has 0 saturated heterocycles. The van der Waals surface area contributed by atoms with Crippen molar-refractivity contribution < 1.29 is 80.2 Å². The van der Waals surface area contributed by atoms with Crippen molar-refractivity contribution in [2.24, 2.45) is 11.8 Å². The van der Waals surface area contributed by atoms with Crippen LogP contribution in [0.1, 0.15) is 401 Å². The van der Waals surface area contributed by atoms with Crippen LogP contribution < -0.4 is 0 Å². The maximum atomic E-state index is 13.1. The van der Waals surface area contributed by atoms with Crippen LogP contribution in [-0.4, -0.2) is 96.7 Å². The summed E-state index contributed by atoms with van der Waals surface area (Å²) in [5.41, 5.74) is 0. The number of esters is 4. The molecular weight excluding hydrogens is 1310 g/mol. The molecule has 0 bridgehead atoms. The van der Waals surface area contributed by atoms with E-state index >= 15 is 0 Å². The average molecular weight is 1460 g/mol. The van der Waals surface area contributed by atoms with Crippen molar-refractivity contribution in [2.75, 3.05) is 39.6 Å². The Morgan fingerprint density at radius 2 is 0.540 bits per heavy atom. The Kier molecular flexibility index (Phi) is 70.3. The number of hydrogen-bond donors (Lipinski definition) is 3. The highest BCUT2D eigenvalue weighted by Gasteiger charge is 2.30. The standard InChI is InChI=1S/C81H154O17P2/c1-7-9-11-13-15-17-19-21-24-29-33-40-46-52-58-64-79(84)92-69-76(97-80(85)65-59-53-47-41-34-30-26-23-22-25-28-31-37-43-49-55-61-73(3)4)71-95-99(87,88)93-67-75(82)68-94-100(89,90)96-72-77(98-81(86)66-60-54-48-42-36-35-38-44-50-56-62-74(5)6)70-91-78(83)63-57-51-45-39-32-27-20-18-16-14-12-10-8-2/h17,19,21,24,73-77,82H,7-16,18,20,22-23,25-72H2,1-6H3,(H,87,88)(H,89,90)/b19-17-,24-21-/t75-,76-,77-/m1/s1. The first-order valence-corrected chi connectivity index (χ1v) is 44.3. The second-order valence-corrected chi connectivity index (χ2v) is 32.3. The van der Waals surface area contributed by atoms with Crippen molar-refractivity contribution in [3.63, 3.8) is 0 Å². The third-order valence-electron chi connectivity index (χ3n) is 18.3. The molecule has 0 heterocycles. The largest absolute Gasteiger partial charge is 0.472 e. The van der Waals surface area contributed by atoms with Crippen molar-refractivity contribution in [2.45, 2.75) is 419 Å². The minimum Gasteiger partial charge on any atom is -0.462 e. The number of phosphoric ester groups is 2. The van der Waals surface area contributed by atoms with Crippen molar-refractivity contribution in [3.05, 3.63) is 24.3 Å². The predicted molar refractivity (Wildman–Crippen MR) is 409 cm³/mol. The molecule has 0 aliphatic carbocycles. The van der Waals surface area contributed by atoms with Crippen molar-refractivity contribution in [3.8, 4) is 0 Å². The van der Waals surface area contributed by atoms with E-state index in [1.165, 1.54) is 199 Å². The van der Waals surface area contributed by atoms with Crippen molar-refractivity contribution in [1.29, 1.82) is 0 Å². The van der Waals surface area contributed by atoms with Crippen molar-refractivity contribution in [1.82, 2.24) is 0 Å². The molecule has 100 heavy (non-hydrogen) atoms. The second-order valence-electron chi connectivity index (χ2n) is 29.4. The highest BCUT2D eigenvalue weighted by Crippen LogP contribution is 2.45. The Hall–Kier alpha value is -2.46. The summed E-state index contributed by atoms with van der Waals surface area (Å²) in [7, 11) is -9.93. The fourth-order valence-electron chi connectivity index (χ4n) is 12.0. The predicted octanol–water partition coefficient (Wildman–Crippen LogP) is 23.8. The first kappa shape index (κ1) is 97.5. The molecule has 19 heteroatoms. The fourth-order valence-corrected chi connectivity index (χ4v) is 13.6. The van der Waals surface area contributed by atoms with Crippen LogP contribution in [-0.2, 0) is 65.4 Å².